The Labute approximate surface area is 125 Å². The Morgan fingerprint density at radius 3 is 2.19 bits per heavy atom. The van der Waals surface area contributed by atoms with E-state index in [1.54, 1.807) is 24.3 Å². The number of anilines is 2. The second-order valence-electron chi connectivity index (χ2n) is 4.65. The minimum atomic E-state index is -3.37. The van der Waals surface area contributed by atoms with Gasteiger partial charge in [0.25, 0.3) is 0 Å². The van der Waals surface area contributed by atoms with E-state index in [0.717, 1.165) is 24.3 Å². The number of hydrogen-bond acceptors (Lipinski definition) is 4. The van der Waals surface area contributed by atoms with Crippen molar-refractivity contribution >= 4 is 21.4 Å². The number of benzene rings is 2. The van der Waals surface area contributed by atoms with Crippen molar-refractivity contribution in [2.45, 2.75) is 11.3 Å². The molecule has 0 amide bonds. The van der Waals surface area contributed by atoms with Crippen LogP contribution in [-0.4, -0.2) is 22.0 Å². The fourth-order valence-electron chi connectivity index (χ4n) is 1.91. The number of nitrogen functional groups attached to an aromatic ring is 1. The maximum atomic E-state index is 11.6. The smallest absolute Gasteiger partial charge is 0.240 e. The van der Waals surface area contributed by atoms with Gasteiger partial charge < -0.3 is 11.1 Å². The Morgan fingerprint density at radius 1 is 1.00 bits per heavy atom. The van der Waals surface area contributed by atoms with E-state index in [-0.39, 0.29) is 4.90 Å². The molecule has 0 aromatic heterocycles. The first-order chi connectivity index (χ1) is 10.0. The second kappa shape index (κ2) is 6.60. The van der Waals surface area contributed by atoms with Gasteiger partial charge in [-0.05, 0) is 55.4 Å². The first-order valence-corrected chi connectivity index (χ1v) is 8.11. The van der Waals surface area contributed by atoms with Gasteiger partial charge in [-0.15, -0.1) is 0 Å². The van der Waals surface area contributed by atoms with Crippen LogP contribution in [0, 0.1) is 0 Å². The average molecular weight is 305 g/mol. The summed E-state index contributed by atoms with van der Waals surface area (Å²) in [6.45, 7) is 0.766. The summed E-state index contributed by atoms with van der Waals surface area (Å²) in [6, 6.07) is 14.4. The summed E-state index contributed by atoms with van der Waals surface area (Å²) in [5.41, 5.74) is 8.48. The largest absolute Gasteiger partial charge is 0.399 e. The van der Waals surface area contributed by atoms with E-state index in [1.165, 1.54) is 12.6 Å². The predicted molar refractivity (Wildman–Crippen MR) is 85.7 cm³/mol. The quantitative estimate of drug-likeness (QED) is 0.711. The standard InChI is InChI=1S/C15H19N3O2S/c1-17-21(19,20)15-8-6-14(7-9-15)18-11-10-12-2-4-13(16)5-3-12/h2-9,17-18H,10-11,16H2,1H3. The topological polar surface area (TPSA) is 84.2 Å². The van der Waals surface area contributed by atoms with Gasteiger partial charge in [-0.3, -0.25) is 0 Å². The first-order valence-electron chi connectivity index (χ1n) is 6.63. The molecule has 0 spiro atoms. The van der Waals surface area contributed by atoms with Crippen molar-refractivity contribution in [3.63, 3.8) is 0 Å². The van der Waals surface area contributed by atoms with Crippen LogP contribution in [0.5, 0.6) is 0 Å². The SMILES string of the molecule is CNS(=O)(=O)c1ccc(NCCc2ccc(N)cc2)cc1. The van der Waals surface area contributed by atoms with Gasteiger partial charge in [0.05, 0.1) is 4.90 Å². The Balaban J connectivity index is 1.91. The highest BCUT2D eigenvalue weighted by Crippen LogP contribution is 2.14. The monoisotopic (exact) mass is 305 g/mol. The number of nitrogens with two attached hydrogens (primary N) is 1. The number of sulfonamides is 1. The van der Waals surface area contributed by atoms with E-state index in [4.69, 9.17) is 5.73 Å². The highest BCUT2D eigenvalue weighted by Gasteiger charge is 2.09. The maximum Gasteiger partial charge on any atom is 0.240 e. The normalized spacial score (nSPS) is 11.3. The zero-order chi connectivity index (χ0) is 15.3. The molecule has 0 fully saturated rings. The van der Waals surface area contributed by atoms with Gasteiger partial charge in [-0.25, -0.2) is 13.1 Å². The summed E-state index contributed by atoms with van der Waals surface area (Å²) < 4.78 is 25.5. The third kappa shape index (κ3) is 4.21. The average Bonchev–Trinajstić information content (AvgIpc) is 2.50. The molecule has 2 rings (SSSR count). The molecule has 6 heteroatoms. The highest BCUT2D eigenvalue weighted by molar-refractivity contribution is 7.89. The van der Waals surface area contributed by atoms with Crippen LogP contribution in [0.1, 0.15) is 5.56 Å². The molecule has 0 unspecified atom stereocenters. The molecule has 0 aliphatic heterocycles. The molecule has 0 heterocycles. The van der Waals surface area contributed by atoms with Crippen LogP contribution < -0.4 is 15.8 Å². The number of hydrogen-bond donors (Lipinski definition) is 3. The Bertz CT molecular complexity index is 680. The summed E-state index contributed by atoms with van der Waals surface area (Å²) in [5, 5.41) is 3.26. The van der Waals surface area contributed by atoms with Gasteiger partial charge >= 0.3 is 0 Å². The minimum absolute atomic E-state index is 0.258. The number of nitrogens with one attached hydrogen (secondary N) is 2. The van der Waals surface area contributed by atoms with Crippen LogP contribution in [0.4, 0.5) is 11.4 Å². The molecular formula is C15H19N3O2S. The zero-order valence-corrected chi connectivity index (χ0v) is 12.7. The predicted octanol–water partition coefficient (Wildman–Crippen LogP) is 1.83. The summed E-state index contributed by atoms with van der Waals surface area (Å²) in [6.07, 6.45) is 0.872. The van der Waals surface area contributed by atoms with E-state index in [2.05, 4.69) is 10.0 Å². The highest BCUT2D eigenvalue weighted by atomic mass is 32.2. The summed E-state index contributed by atoms with van der Waals surface area (Å²) in [7, 11) is -1.98. The molecule has 5 nitrogen and oxygen atoms in total. The van der Waals surface area contributed by atoms with Crippen LogP contribution in [-0.2, 0) is 16.4 Å². The van der Waals surface area contributed by atoms with Crippen LogP contribution in [0.15, 0.2) is 53.4 Å². The van der Waals surface area contributed by atoms with Crippen LogP contribution >= 0.6 is 0 Å². The molecule has 0 aliphatic carbocycles. The van der Waals surface area contributed by atoms with Crippen LogP contribution in [0.3, 0.4) is 0 Å². The van der Waals surface area contributed by atoms with E-state index in [0.29, 0.717) is 0 Å². The molecule has 2 aromatic rings. The Morgan fingerprint density at radius 2 is 1.62 bits per heavy atom. The lowest BCUT2D eigenvalue weighted by Gasteiger charge is -2.08. The lowest BCUT2D eigenvalue weighted by molar-refractivity contribution is 0.588. The van der Waals surface area contributed by atoms with Gasteiger partial charge in [-0.2, -0.15) is 0 Å². The van der Waals surface area contributed by atoms with Gasteiger partial charge in [0.2, 0.25) is 10.0 Å². The van der Waals surface area contributed by atoms with E-state index >= 15 is 0 Å². The Hall–Kier alpha value is -2.05. The summed E-state index contributed by atoms with van der Waals surface area (Å²) >= 11 is 0. The Kier molecular flexibility index (Phi) is 4.82. The summed E-state index contributed by atoms with van der Waals surface area (Å²) in [4.78, 5) is 0.258. The fraction of sp³-hybridized carbons (Fsp3) is 0.200. The molecule has 0 saturated heterocycles. The molecule has 0 aliphatic rings. The molecule has 0 bridgehead atoms. The third-order valence-corrected chi connectivity index (χ3v) is 4.59. The van der Waals surface area contributed by atoms with Gasteiger partial charge in [0, 0.05) is 17.9 Å². The molecule has 0 atom stereocenters. The van der Waals surface area contributed by atoms with Crippen LogP contribution in [0.25, 0.3) is 0 Å². The van der Waals surface area contributed by atoms with Gasteiger partial charge in [0.1, 0.15) is 0 Å². The molecule has 2 aromatic carbocycles. The first kappa shape index (κ1) is 15.3. The van der Waals surface area contributed by atoms with Crippen molar-refractivity contribution in [2.75, 3.05) is 24.6 Å². The number of rotatable bonds is 6. The molecule has 4 N–H and O–H groups in total. The lowest BCUT2D eigenvalue weighted by atomic mass is 10.1. The van der Waals surface area contributed by atoms with Crippen molar-refractivity contribution in [3.05, 3.63) is 54.1 Å². The summed E-state index contributed by atoms with van der Waals surface area (Å²) in [5.74, 6) is 0. The molecule has 21 heavy (non-hydrogen) atoms. The third-order valence-electron chi connectivity index (χ3n) is 3.16. The zero-order valence-electron chi connectivity index (χ0n) is 11.8. The van der Waals surface area contributed by atoms with Crippen molar-refractivity contribution in [1.82, 2.24) is 4.72 Å². The molecule has 0 radical (unpaired) electrons. The van der Waals surface area contributed by atoms with Crippen molar-refractivity contribution in [3.8, 4) is 0 Å². The van der Waals surface area contributed by atoms with Crippen molar-refractivity contribution < 1.29 is 8.42 Å². The van der Waals surface area contributed by atoms with Crippen molar-refractivity contribution in [2.24, 2.45) is 0 Å². The molecule has 0 saturated carbocycles. The maximum absolute atomic E-state index is 11.6. The fourth-order valence-corrected chi connectivity index (χ4v) is 2.64. The van der Waals surface area contributed by atoms with E-state index in [1.807, 2.05) is 24.3 Å². The van der Waals surface area contributed by atoms with E-state index in [9.17, 15) is 8.42 Å². The molecular weight excluding hydrogens is 286 g/mol. The van der Waals surface area contributed by atoms with Crippen molar-refractivity contribution in [1.29, 1.82) is 0 Å². The second-order valence-corrected chi connectivity index (χ2v) is 6.54. The van der Waals surface area contributed by atoms with E-state index < -0.39 is 10.0 Å². The lowest BCUT2D eigenvalue weighted by Crippen LogP contribution is -2.18. The van der Waals surface area contributed by atoms with Gasteiger partial charge in [-0.1, -0.05) is 12.1 Å². The van der Waals surface area contributed by atoms with Gasteiger partial charge in [0.15, 0.2) is 0 Å². The van der Waals surface area contributed by atoms with Crippen LogP contribution in [0.2, 0.25) is 0 Å². The molecule has 112 valence electrons. The minimum Gasteiger partial charge on any atom is -0.399 e.